The van der Waals surface area contributed by atoms with Crippen LogP contribution in [0, 0.1) is 10.1 Å². The highest BCUT2D eigenvalue weighted by Gasteiger charge is 2.12. The Bertz CT molecular complexity index is 516. The highest BCUT2D eigenvalue weighted by molar-refractivity contribution is 5.85. The summed E-state index contributed by atoms with van der Waals surface area (Å²) in [5, 5.41) is 11.4. The van der Waals surface area contributed by atoms with E-state index in [1.807, 2.05) is 6.92 Å². The minimum absolute atomic E-state index is 0.0870. The normalized spacial score (nSPS) is 12.9. The molecule has 3 N–H and O–H groups in total. The molecule has 0 saturated heterocycles. The third kappa shape index (κ3) is 1.57. The lowest BCUT2D eigenvalue weighted by Gasteiger charge is -2.01. The van der Waals surface area contributed by atoms with Gasteiger partial charge in [0.25, 0.3) is 5.69 Å². The van der Waals surface area contributed by atoms with Gasteiger partial charge in [-0.2, -0.15) is 0 Å². The second-order valence-electron chi connectivity index (χ2n) is 3.52. The number of aromatic nitrogens is 1. The number of nitrogens with one attached hydrogen (secondary N) is 1. The van der Waals surface area contributed by atoms with Gasteiger partial charge in [-0.3, -0.25) is 10.1 Å². The maximum absolute atomic E-state index is 10.6. The van der Waals surface area contributed by atoms with Gasteiger partial charge >= 0.3 is 0 Å². The predicted octanol–water partition coefficient (Wildman–Crippen LogP) is 2.10. The largest absolute Gasteiger partial charge is 0.361 e. The molecule has 2 rings (SSSR count). The van der Waals surface area contributed by atoms with E-state index in [1.54, 1.807) is 18.3 Å². The fourth-order valence-electron chi connectivity index (χ4n) is 1.62. The molecule has 0 aliphatic heterocycles. The molecule has 1 aromatic heterocycles. The predicted molar refractivity (Wildman–Crippen MR) is 57.6 cm³/mol. The zero-order valence-electron chi connectivity index (χ0n) is 8.23. The zero-order valence-corrected chi connectivity index (χ0v) is 8.23. The van der Waals surface area contributed by atoms with Crippen LogP contribution in [0.3, 0.4) is 0 Å². The van der Waals surface area contributed by atoms with E-state index in [0.29, 0.717) is 0 Å². The summed E-state index contributed by atoms with van der Waals surface area (Å²) < 4.78 is 0. The summed E-state index contributed by atoms with van der Waals surface area (Å²) in [5.41, 5.74) is 7.61. The van der Waals surface area contributed by atoms with Gasteiger partial charge in [-0.05, 0) is 18.6 Å². The number of nitro groups is 1. The van der Waals surface area contributed by atoms with Gasteiger partial charge in [-0.15, -0.1) is 0 Å². The summed E-state index contributed by atoms with van der Waals surface area (Å²) in [4.78, 5) is 13.2. The summed E-state index contributed by atoms with van der Waals surface area (Å²) in [6.45, 7) is 1.85. The number of non-ortho nitro benzene ring substituents is 1. The van der Waals surface area contributed by atoms with Crippen LogP contribution in [-0.4, -0.2) is 9.91 Å². The number of H-pyrrole nitrogens is 1. The number of fused-ring (bicyclic) bond motifs is 1. The number of benzene rings is 1. The SMILES string of the molecule is C[C@@H](N)c1c[nH]c2ccc([N+](=O)[O-])cc12. The minimum Gasteiger partial charge on any atom is -0.361 e. The van der Waals surface area contributed by atoms with Crippen molar-refractivity contribution in [3.8, 4) is 0 Å². The van der Waals surface area contributed by atoms with Crippen molar-refractivity contribution in [2.45, 2.75) is 13.0 Å². The molecule has 0 fully saturated rings. The Morgan fingerprint density at radius 3 is 2.87 bits per heavy atom. The quantitative estimate of drug-likeness (QED) is 0.581. The van der Waals surface area contributed by atoms with E-state index in [0.717, 1.165) is 16.5 Å². The molecule has 0 aliphatic rings. The van der Waals surface area contributed by atoms with Crippen molar-refractivity contribution in [1.29, 1.82) is 0 Å². The molecule has 0 spiro atoms. The molecule has 0 bridgehead atoms. The van der Waals surface area contributed by atoms with Gasteiger partial charge in [0.2, 0.25) is 0 Å². The standard InChI is InChI=1S/C10H11N3O2/c1-6(11)9-5-12-10-3-2-7(13(14)15)4-8(9)10/h2-6,12H,11H2,1H3/t6-/m1/s1. The number of nitro benzene ring substituents is 1. The Labute approximate surface area is 86.0 Å². The van der Waals surface area contributed by atoms with Gasteiger partial charge < -0.3 is 10.7 Å². The molecule has 78 valence electrons. The fourth-order valence-corrected chi connectivity index (χ4v) is 1.62. The Morgan fingerprint density at radius 2 is 2.27 bits per heavy atom. The summed E-state index contributed by atoms with van der Waals surface area (Å²) in [6, 6.07) is 4.58. The lowest BCUT2D eigenvalue weighted by Crippen LogP contribution is -2.03. The van der Waals surface area contributed by atoms with Gasteiger partial charge in [-0.25, -0.2) is 0 Å². The number of nitrogens with two attached hydrogens (primary N) is 1. The van der Waals surface area contributed by atoms with Crippen molar-refractivity contribution in [1.82, 2.24) is 4.98 Å². The first-order valence-electron chi connectivity index (χ1n) is 4.60. The van der Waals surface area contributed by atoms with E-state index in [1.165, 1.54) is 6.07 Å². The first-order chi connectivity index (χ1) is 7.09. The Morgan fingerprint density at radius 1 is 1.53 bits per heavy atom. The van der Waals surface area contributed by atoms with Gasteiger partial charge in [0, 0.05) is 35.3 Å². The molecule has 15 heavy (non-hydrogen) atoms. The van der Waals surface area contributed by atoms with Crippen LogP contribution < -0.4 is 5.73 Å². The molecule has 5 nitrogen and oxygen atoms in total. The Kier molecular flexibility index (Phi) is 2.17. The number of hydrogen-bond donors (Lipinski definition) is 2. The molecule has 1 atom stereocenters. The highest BCUT2D eigenvalue weighted by atomic mass is 16.6. The second kappa shape index (κ2) is 3.36. The Balaban J connectivity index is 2.66. The number of nitrogens with zero attached hydrogens (tertiary/aromatic N) is 1. The number of rotatable bonds is 2. The molecule has 0 radical (unpaired) electrons. The first-order valence-corrected chi connectivity index (χ1v) is 4.60. The molecule has 5 heteroatoms. The zero-order chi connectivity index (χ0) is 11.0. The third-order valence-corrected chi connectivity index (χ3v) is 2.40. The molecule has 1 aromatic carbocycles. The fraction of sp³-hybridized carbons (Fsp3) is 0.200. The molecular formula is C10H11N3O2. The lowest BCUT2D eigenvalue weighted by molar-refractivity contribution is -0.384. The van der Waals surface area contributed by atoms with Crippen molar-refractivity contribution in [2.75, 3.05) is 0 Å². The summed E-state index contributed by atoms with van der Waals surface area (Å²) >= 11 is 0. The number of hydrogen-bond acceptors (Lipinski definition) is 3. The van der Waals surface area contributed by atoms with Crippen LogP contribution in [0.25, 0.3) is 10.9 Å². The van der Waals surface area contributed by atoms with Crippen LogP contribution in [0.5, 0.6) is 0 Å². The van der Waals surface area contributed by atoms with E-state index in [9.17, 15) is 10.1 Å². The third-order valence-electron chi connectivity index (χ3n) is 2.40. The van der Waals surface area contributed by atoms with Crippen molar-refractivity contribution in [3.05, 3.63) is 40.1 Å². The lowest BCUT2D eigenvalue weighted by atomic mass is 10.1. The van der Waals surface area contributed by atoms with Crippen molar-refractivity contribution in [2.24, 2.45) is 5.73 Å². The molecule has 0 amide bonds. The first kappa shape index (κ1) is 9.67. The summed E-state index contributed by atoms with van der Waals surface area (Å²) in [7, 11) is 0. The van der Waals surface area contributed by atoms with E-state index in [-0.39, 0.29) is 11.7 Å². The topological polar surface area (TPSA) is 85.0 Å². The van der Waals surface area contributed by atoms with Gasteiger partial charge in [-0.1, -0.05) is 0 Å². The molecule has 1 heterocycles. The van der Waals surface area contributed by atoms with Crippen LogP contribution in [0.4, 0.5) is 5.69 Å². The summed E-state index contributed by atoms with van der Waals surface area (Å²) in [5.74, 6) is 0. The number of aromatic amines is 1. The van der Waals surface area contributed by atoms with Gasteiger partial charge in [0.05, 0.1) is 4.92 Å². The van der Waals surface area contributed by atoms with Crippen LogP contribution in [0.1, 0.15) is 18.5 Å². The Hall–Kier alpha value is -1.88. The van der Waals surface area contributed by atoms with E-state index < -0.39 is 4.92 Å². The molecule has 0 saturated carbocycles. The van der Waals surface area contributed by atoms with Gasteiger partial charge in [0.15, 0.2) is 0 Å². The van der Waals surface area contributed by atoms with Crippen LogP contribution in [-0.2, 0) is 0 Å². The van der Waals surface area contributed by atoms with Crippen molar-refractivity contribution in [3.63, 3.8) is 0 Å². The maximum atomic E-state index is 10.6. The van der Waals surface area contributed by atoms with Crippen LogP contribution in [0.15, 0.2) is 24.4 Å². The van der Waals surface area contributed by atoms with Crippen LogP contribution >= 0.6 is 0 Å². The van der Waals surface area contributed by atoms with E-state index in [2.05, 4.69) is 4.98 Å². The monoisotopic (exact) mass is 205 g/mol. The van der Waals surface area contributed by atoms with Crippen molar-refractivity contribution < 1.29 is 4.92 Å². The summed E-state index contributed by atoms with van der Waals surface area (Å²) in [6.07, 6.45) is 1.79. The van der Waals surface area contributed by atoms with Crippen molar-refractivity contribution >= 4 is 16.6 Å². The van der Waals surface area contributed by atoms with Gasteiger partial charge in [0.1, 0.15) is 0 Å². The molecule has 2 aromatic rings. The van der Waals surface area contributed by atoms with E-state index in [4.69, 9.17) is 5.73 Å². The van der Waals surface area contributed by atoms with E-state index >= 15 is 0 Å². The minimum atomic E-state index is -0.405. The average Bonchev–Trinajstić information content (AvgIpc) is 2.59. The molecule has 0 aliphatic carbocycles. The smallest absolute Gasteiger partial charge is 0.270 e. The molecule has 0 unspecified atom stereocenters. The second-order valence-corrected chi connectivity index (χ2v) is 3.52. The van der Waals surface area contributed by atoms with Crippen LogP contribution in [0.2, 0.25) is 0 Å². The maximum Gasteiger partial charge on any atom is 0.270 e. The highest BCUT2D eigenvalue weighted by Crippen LogP contribution is 2.26. The average molecular weight is 205 g/mol. The molecular weight excluding hydrogens is 194 g/mol.